The molecule has 0 radical (unpaired) electrons. The van der Waals surface area contributed by atoms with Crippen LogP contribution in [0.2, 0.25) is 5.02 Å². The van der Waals surface area contributed by atoms with Gasteiger partial charge in [0, 0.05) is 17.5 Å². The molecule has 2 rings (SSSR count). The zero-order chi connectivity index (χ0) is 13.3. The van der Waals surface area contributed by atoms with Crippen molar-refractivity contribution in [2.45, 2.75) is 6.92 Å². The molecule has 0 N–H and O–H groups in total. The van der Waals surface area contributed by atoms with Crippen LogP contribution in [0.25, 0.3) is 10.8 Å². The Hall–Kier alpha value is -2.08. The summed E-state index contributed by atoms with van der Waals surface area (Å²) in [5.74, 6) is -0.0782. The van der Waals surface area contributed by atoms with E-state index in [-0.39, 0.29) is 22.0 Å². The number of halogens is 1. The summed E-state index contributed by atoms with van der Waals surface area (Å²) in [6.07, 6.45) is 0. The first-order valence-electron chi connectivity index (χ1n) is 5.08. The topological polar surface area (TPSA) is 82.6 Å². The van der Waals surface area contributed by atoms with E-state index in [0.717, 1.165) is 6.07 Å². The van der Waals surface area contributed by atoms with E-state index in [2.05, 4.69) is 0 Å². The van der Waals surface area contributed by atoms with Crippen LogP contribution in [0.4, 0.5) is 5.69 Å². The molecule has 18 heavy (non-hydrogen) atoms. The van der Waals surface area contributed by atoms with Crippen LogP contribution in [0.5, 0.6) is 5.95 Å². The first kappa shape index (κ1) is 12.4. The lowest BCUT2D eigenvalue weighted by Gasteiger charge is -2.05. The van der Waals surface area contributed by atoms with E-state index in [1.165, 1.54) is 12.1 Å². The Morgan fingerprint density at radius 1 is 1.44 bits per heavy atom. The van der Waals surface area contributed by atoms with Crippen LogP contribution in [0.3, 0.4) is 0 Å². The summed E-state index contributed by atoms with van der Waals surface area (Å²) in [7, 11) is 0. The van der Waals surface area contributed by atoms with E-state index in [1.54, 1.807) is 6.92 Å². The van der Waals surface area contributed by atoms with Gasteiger partial charge in [-0.2, -0.15) is 0 Å². The Morgan fingerprint density at radius 2 is 2.17 bits per heavy atom. The fourth-order valence-electron chi connectivity index (χ4n) is 1.52. The number of fused-ring (bicyclic) bond motifs is 1. The molecule has 94 valence electrons. The molecule has 0 saturated carbocycles. The lowest BCUT2D eigenvalue weighted by molar-refractivity contribution is -0.384. The molecule has 7 heteroatoms. The van der Waals surface area contributed by atoms with Crippen molar-refractivity contribution in [2.24, 2.45) is 0 Å². The van der Waals surface area contributed by atoms with Crippen LogP contribution in [0.1, 0.15) is 6.92 Å². The number of ether oxygens (including phenoxy) is 1. The lowest BCUT2D eigenvalue weighted by atomic mass is 10.1. The molecule has 0 atom stereocenters. The average Bonchev–Trinajstić information content (AvgIpc) is 2.35. The molecule has 1 heterocycles. The SMILES string of the molecule is CCOc1oc(=O)c2cc([N+](=O)[O-])ccc2c1Cl. The minimum absolute atomic E-state index is 0.0534. The number of nitro benzene ring substituents is 1. The summed E-state index contributed by atoms with van der Waals surface area (Å²) >= 11 is 6.00. The third-order valence-electron chi connectivity index (χ3n) is 2.31. The Kier molecular flexibility index (Phi) is 3.20. The molecule has 0 amide bonds. The van der Waals surface area contributed by atoms with Crippen LogP contribution >= 0.6 is 11.6 Å². The third-order valence-corrected chi connectivity index (χ3v) is 2.67. The molecule has 0 aliphatic heterocycles. The second-order valence-corrected chi connectivity index (χ2v) is 3.79. The smallest absolute Gasteiger partial charge is 0.346 e. The van der Waals surface area contributed by atoms with Crippen molar-refractivity contribution < 1.29 is 14.1 Å². The Labute approximate surface area is 106 Å². The van der Waals surface area contributed by atoms with E-state index in [4.69, 9.17) is 20.8 Å². The molecule has 1 aromatic carbocycles. The van der Waals surface area contributed by atoms with Crippen molar-refractivity contribution in [1.82, 2.24) is 0 Å². The van der Waals surface area contributed by atoms with Gasteiger partial charge in [-0.15, -0.1) is 0 Å². The number of nitro groups is 1. The molecule has 0 saturated heterocycles. The van der Waals surface area contributed by atoms with Gasteiger partial charge in [-0.1, -0.05) is 11.6 Å². The fraction of sp³-hybridized carbons (Fsp3) is 0.182. The van der Waals surface area contributed by atoms with Crippen LogP contribution in [-0.4, -0.2) is 11.5 Å². The van der Waals surface area contributed by atoms with Crippen molar-refractivity contribution in [3.63, 3.8) is 0 Å². The first-order valence-corrected chi connectivity index (χ1v) is 5.46. The van der Waals surface area contributed by atoms with Crippen molar-refractivity contribution in [3.05, 3.63) is 43.8 Å². The molecule has 0 bridgehead atoms. The molecular weight excluding hydrogens is 262 g/mol. The maximum atomic E-state index is 11.7. The van der Waals surface area contributed by atoms with Crippen molar-refractivity contribution in [2.75, 3.05) is 6.61 Å². The zero-order valence-corrected chi connectivity index (χ0v) is 10.1. The second-order valence-electron chi connectivity index (χ2n) is 3.41. The first-order chi connectivity index (χ1) is 8.54. The molecule has 0 aliphatic rings. The highest BCUT2D eigenvalue weighted by molar-refractivity contribution is 6.36. The van der Waals surface area contributed by atoms with Gasteiger partial charge in [0.2, 0.25) is 0 Å². The van der Waals surface area contributed by atoms with Crippen LogP contribution in [0.15, 0.2) is 27.4 Å². The van der Waals surface area contributed by atoms with E-state index in [0.29, 0.717) is 12.0 Å². The quantitative estimate of drug-likeness (QED) is 0.632. The van der Waals surface area contributed by atoms with E-state index < -0.39 is 10.5 Å². The number of nitrogens with zero attached hydrogens (tertiary/aromatic N) is 1. The zero-order valence-electron chi connectivity index (χ0n) is 9.31. The second kappa shape index (κ2) is 4.66. The summed E-state index contributed by atoms with van der Waals surface area (Å²) in [5.41, 5.74) is -0.920. The highest BCUT2D eigenvalue weighted by Gasteiger charge is 2.16. The number of hydrogen-bond acceptors (Lipinski definition) is 5. The Morgan fingerprint density at radius 3 is 2.78 bits per heavy atom. The maximum Gasteiger partial charge on any atom is 0.346 e. The van der Waals surface area contributed by atoms with Crippen LogP contribution < -0.4 is 10.4 Å². The normalized spacial score (nSPS) is 10.6. The minimum Gasteiger partial charge on any atom is -0.464 e. The summed E-state index contributed by atoms with van der Waals surface area (Å²) < 4.78 is 9.93. The van der Waals surface area contributed by atoms with Gasteiger partial charge < -0.3 is 9.15 Å². The van der Waals surface area contributed by atoms with Crippen LogP contribution in [-0.2, 0) is 0 Å². The molecule has 1 aromatic heterocycles. The molecular formula is C11H8ClNO5. The number of non-ortho nitro benzene ring substituents is 1. The van der Waals surface area contributed by atoms with Crippen molar-refractivity contribution in [3.8, 4) is 5.95 Å². The monoisotopic (exact) mass is 269 g/mol. The van der Waals surface area contributed by atoms with Gasteiger partial charge in [0.15, 0.2) is 0 Å². The number of rotatable bonds is 3. The standard InChI is InChI=1S/C11H8ClNO5/c1-2-17-11-9(12)7-4-3-6(13(15)16)5-8(7)10(14)18-11/h3-5H,2H2,1H3. The van der Waals surface area contributed by atoms with E-state index >= 15 is 0 Å². The Balaban J connectivity index is 2.75. The molecule has 0 fully saturated rings. The third kappa shape index (κ3) is 2.02. The molecule has 6 nitrogen and oxygen atoms in total. The van der Waals surface area contributed by atoms with Gasteiger partial charge in [-0.05, 0) is 13.0 Å². The van der Waals surface area contributed by atoms with Crippen molar-refractivity contribution in [1.29, 1.82) is 0 Å². The molecule has 2 aromatic rings. The van der Waals surface area contributed by atoms with E-state index in [1.807, 2.05) is 0 Å². The summed E-state index contributed by atoms with van der Waals surface area (Å²) in [6, 6.07) is 3.79. The van der Waals surface area contributed by atoms with Crippen LogP contribution in [0, 0.1) is 10.1 Å². The Bertz CT molecular complexity index is 679. The lowest BCUT2D eigenvalue weighted by Crippen LogP contribution is -2.04. The molecule has 0 unspecified atom stereocenters. The highest BCUT2D eigenvalue weighted by Crippen LogP contribution is 2.32. The number of hydrogen-bond donors (Lipinski definition) is 0. The largest absolute Gasteiger partial charge is 0.464 e. The minimum atomic E-state index is -0.721. The predicted octanol–water partition coefficient (Wildman–Crippen LogP) is 2.75. The maximum absolute atomic E-state index is 11.7. The average molecular weight is 270 g/mol. The molecule has 0 aliphatic carbocycles. The van der Waals surface area contributed by atoms with E-state index in [9.17, 15) is 14.9 Å². The summed E-state index contributed by atoms with van der Waals surface area (Å²) in [4.78, 5) is 21.7. The fourth-order valence-corrected chi connectivity index (χ4v) is 1.78. The van der Waals surface area contributed by atoms with Crippen molar-refractivity contribution >= 4 is 28.1 Å². The van der Waals surface area contributed by atoms with Gasteiger partial charge in [-0.3, -0.25) is 10.1 Å². The van der Waals surface area contributed by atoms with Gasteiger partial charge >= 0.3 is 11.6 Å². The number of benzene rings is 1. The van der Waals surface area contributed by atoms with Gasteiger partial charge in [0.1, 0.15) is 5.02 Å². The predicted molar refractivity (Wildman–Crippen MR) is 65.3 cm³/mol. The van der Waals surface area contributed by atoms with Gasteiger partial charge in [-0.25, -0.2) is 4.79 Å². The molecule has 0 spiro atoms. The summed E-state index contributed by atoms with van der Waals surface area (Å²) in [6.45, 7) is 2.01. The highest BCUT2D eigenvalue weighted by atomic mass is 35.5. The summed E-state index contributed by atoms with van der Waals surface area (Å²) in [5, 5.41) is 11.2. The van der Waals surface area contributed by atoms with Gasteiger partial charge in [0.05, 0.1) is 16.9 Å². The van der Waals surface area contributed by atoms with Gasteiger partial charge in [0.25, 0.3) is 5.69 Å².